The summed E-state index contributed by atoms with van der Waals surface area (Å²) in [6.45, 7) is 0.415. The third-order valence-electron chi connectivity index (χ3n) is 1.81. The van der Waals surface area contributed by atoms with Gasteiger partial charge < -0.3 is 15.0 Å². The van der Waals surface area contributed by atoms with Crippen molar-refractivity contribution in [2.45, 2.75) is 19.4 Å². The minimum atomic E-state index is -0.0814. The molecule has 0 aliphatic rings. The van der Waals surface area contributed by atoms with Crippen molar-refractivity contribution in [2.75, 3.05) is 6.61 Å². The molecular formula is C8H14N4O2. The molecule has 1 rings (SSSR count). The molecule has 0 aliphatic carbocycles. The molecule has 1 aromatic heterocycles. The number of rotatable bonds is 5. The lowest BCUT2D eigenvalue weighted by atomic mass is 10.3. The van der Waals surface area contributed by atoms with Crippen molar-refractivity contribution in [1.82, 2.24) is 20.1 Å². The molecule has 0 bridgehead atoms. The van der Waals surface area contributed by atoms with Crippen LogP contribution in [-0.2, 0) is 18.4 Å². The normalized spacial score (nSPS) is 10.1. The van der Waals surface area contributed by atoms with Gasteiger partial charge in [0.15, 0.2) is 5.82 Å². The second-order valence-electron chi connectivity index (χ2n) is 2.96. The minimum Gasteiger partial charge on any atom is -0.396 e. The molecule has 6 nitrogen and oxygen atoms in total. The van der Waals surface area contributed by atoms with E-state index in [-0.39, 0.29) is 12.5 Å². The SMILES string of the molecule is Cn1cnnc1CNC(=O)CCCO. The number of nitrogens with one attached hydrogen (secondary N) is 1. The van der Waals surface area contributed by atoms with E-state index in [0.717, 1.165) is 0 Å². The van der Waals surface area contributed by atoms with E-state index < -0.39 is 0 Å². The zero-order valence-corrected chi connectivity index (χ0v) is 8.10. The van der Waals surface area contributed by atoms with E-state index in [2.05, 4.69) is 15.5 Å². The van der Waals surface area contributed by atoms with Crippen LogP contribution in [0.2, 0.25) is 0 Å². The molecule has 1 amide bonds. The molecule has 0 aliphatic heterocycles. The van der Waals surface area contributed by atoms with Gasteiger partial charge in [-0.25, -0.2) is 0 Å². The first kappa shape index (κ1) is 10.6. The average molecular weight is 198 g/mol. The molecule has 0 aromatic carbocycles. The number of carbonyl (C=O) groups is 1. The van der Waals surface area contributed by atoms with Gasteiger partial charge in [-0.2, -0.15) is 0 Å². The zero-order chi connectivity index (χ0) is 10.4. The fourth-order valence-electron chi connectivity index (χ4n) is 0.973. The first-order valence-corrected chi connectivity index (χ1v) is 4.44. The van der Waals surface area contributed by atoms with E-state index in [0.29, 0.717) is 25.2 Å². The van der Waals surface area contributed by atoms with E-state index in [1.54, 1.807) is 10.9 Å². The number of carbonyl (C=O) groups excluding carboxylic acids is 1. The van der Waals surface area contributed by atoms with Crippen LogP contribution in [0.1, 0.15) is 18.7 Å². The summed E-state index contributed by atoms with van der Waals surface area (Å²) in [5.41, 5.74) is 0. The third kappa shape index (κ3) is 3.14. The van der Waals surface area contributed by atoms with Crippen LogP contribution in [0.4, 0.5) is 0 Å². The lowest BCUT2D eigenvalue weighted by Gasteiger charge is -2.03. The van der Waals surface area contributed by atoms with Crippen molar-refractivity contribution in [3.05, 3.63) is 12.2 Å². The van der Waals surface area contributed by atoms with Crippen molar-refractivity contribution in [2.24, 2.45) is 7.05 Å². The molecule has 0 saturated carbocycles. The highest BCUT2D eigenvalue weighted by molar-refractivity contribution is 5.75. The molecule has 0 saturated heterocycles. The molecule has 0 atom stereocenters. The highest BCUT2D eigenvalue weighted by atomic mass is 16.3. The van der Waals surface area contributed by atoms with Crippen LogP contribution in [0.15, 0.2) is 6.33 Å². The maximum Gasteiger partial charge on any atom is 0.220 e. The fraction of sp³-hybridized carbons (Fsp3) is 0.625. The van der Waals surface area contributed by atoms with Crippen LogP contribution in [0.25, 0.3) is 0 Å². The molecule has 0 unspecified atom stereocenters. The lowest BCUT2D eigenvalue weighted by molar-refractivity contribution is -0.121. The Bertz CT molecular complexity index is 297. The Balaban J connectivity index is 2.27. The first-order chi connectivity index (χ1) is 6.74. The van der Waals surface area contributed by atoms with Crippen LogP contribution in [0, 0.1) is 0 Å². The van der Waals surface area contributed by atoms with Crippen molar-refractivity contribution >= 4 is 5.91 Å². The number of aliphatic hydroxyl groups is 1. The van der Waals surface area contributed by atoms with Gasteiger partial charge in [0.2, 0.25) is 5.91 Å². The van der Waals surface area contributed by atoms with Crippen LogP contribution in [0.3, 0.4) is 0 Å². The number of nitrogens with zero attached hydrogens (tertiary/aromatic N) is 3. The Morgan fingerprint density at radius 3 is 3.07 bits per heavy atom. The first-order valence-electron chi connectivity index (χ1n) is 4.44. The van der Waals surface area contributed by atoms with E-state index in [4.69, 9.17) is 5.11 Å². The third-order valence-corrected chi connectivity index (χ3v) is 1.81. The van der Waals surface area contributed by atoms with Gasteiger partial charge in [0.05, 0.1) is 6.54 Å². The molecular weight excluding hydrogens is 184 g/mol. The summed E-state index contributed by atoms with van der Waals surface area (Å²) in [6.07, 6.45) is 2.41. The van der Waals surface area contributed by atoms with E-state index in [1.165, 1.54) is 0 Å². The molecule has 1 heterocycles. The Hall–Kier alpha value is -1.43. The summed E-state index contributed by atoms with van der Waals surface area (Å²) >= 11 is 0. The predicted molar refractivity (Wildman–Crippen MR) is 49.2 cm³/mol. The molecule has 2 N–H and O–H groups in total. The van der Waals surface area contributed by atoms with Crippen molar-refractivity contribution in [3.63, 3.8) is 0 Å². The van der Waals surface area contributed by atoms with Crippen molar-refractivity contribution in [3.8, 4) is 0 Å². The van der Waals surface area contributed by atoms with Crippen LogP contribution < -0.4 is 5.32 Å². The van der Waals surface area contributed by atoms with Gasteiger partial charge in [0.1, 0.15) is 6.33 Å². The number of amides is 1. The topological polar surface area (TPSA) is 80.0 Å². The average Bonchev–Trinajstić information content (AvgIpc) is 2.58. The second kappa shape index (κ2) is 5.33. The summed E-state index contributed by atoms with van der Waals surface area (Å²) < 4.78 is 1.74. The summed E-state index contributed by atoms with van der Waals surface area (Å²) in [6, 6.07) is 0. The zero-order valence-electron chi connectivity index (χ0n) is 8.10. The standard InChI is InChI=1S/C8H14N4O2/c1-12-6-10-11-7(12)5-9-8(14)3-2-4-13/h6,13H,2-5H2,1H3,(H,9,14). The second-order valence-corrected chi connectivity index (χ2v) is 2.96. The summed E-state index contributed by atoms with van der Waals surface area (Å²) in [5, 5.41) is 18.7. The minimum absolute atomic E-state index is 0.0391. The summed E-state index contributed by atoms with van der Waals surface area (Å²) in [7, 11) is 1.81. The van der Waals surface area contributed by atoms with Gasteiger partial charge in [0, 0.05) is 20.1 Å². The van der Waals surface area contributed by atoms with Gasteiger partial charge in [0.25, 0.3) is 0 Å². The molecule has 6 heteroatoms. The smallest absolute Gasteiger partial charge is 0.220 e. The van der Waals surface area contributed by atoms with Gasteiger partial charge in [-0.15, -0.1) is 10.2 Å². The van der Waals surface area contributed by atoms with Crippen LogP contribution in [-0.4, -0.2) is 32.4 Å². The lowest BCUT2D eigenvalue weighted by Crippen LogP contribution is -2.24. The fourth-order valence-corrected chi connectivity index (χ4v) is 0.973. The predicted octanol–water partition coefficient (Wildman–Crippen LogP) is -0.796. The van der Waals surface area contributed by atoms with Crippen molar-refractivity contribution < 1.29 is 9.90 Å². The number of hydrogen-bond donors (Lipinski definition) is 2. The van der Waals surface area contributed by atoms with Gasteiger partial charge >= 0.3 is 0 Å². The highest BCUT2D eigenvalue weighted by Gasteiger charge is 2.03. The molecule has 78 valence electrons. The van der Waals surface area contributed by atoms with E-state index >= 15 is 0 Å². The Kier molecular flexibility index (Phi) is 4.06. The quantitative estimate of drug-likeness (QED) is 0.649. The van der Waals surface area contributed by atoms with E-state index in [1.807, 2.05) is 7.05 Å². The monoisotopic (exact) mass is 198 g/mol. The number of hydrogen-bond acceptors (Lipinski definition) is 4. The Morgan fingerprint density at radius 1 is 1.71 bits per heavy atom. The Labute approximate surface area is 82.0 Å². The van der Waals surface area contributed by atoms with Gasteiger partial charge in [-0.3, -0.25) is 4.79 Å². The Morgan fingerprint density at radius 2 is 2.50 bits per heavy atom. The largest absolute Gasteiger partial charge is 0.396 e. The molecule has 14 heavy (non-hydrogen) atoms. The molecule has 1 aromatic rings. The number of aromatic nitrogens is 3. The highest BCUT2D eigenvalue weighted by Crippen LogP contribution is 1.92. The van der Waals surface area contributed by atoms with Gasteiger partial charge in [-0.05, 0) is 6.42 Å². The summed E-state index contributed by atoms with van der Waals surface area (Å²) in [4.78, 5) is 11.1. The van der Waals surface area contributed by atoms with E-state index in [9.17, 15) is 4.79 Å². The van der Waals surface area contributed by atoms with Crippen LogP contribution in [0.5, 0.6) is 0 Å². The van der Waals surface area contributed by atoms with Gasteiger partial charge in [-0.1, -0.05) is 0 Å². The molecule has 0 fully saturated rings. The number of aryl methyl sites for hydroxylation is 1. The molecule has 0 spiro atoms. The van der Waals surface area contributed by atoms with Crippen molar-refractivity contribution in [1.29, 1.82) is 0 Å². The maximum atomic E-state index is 11.1. The summed E-state index contributed by atoms with van der Waals surface area (Å²) in [5.74, 6) is 0.629. The maximum absolute atomic E-state index is 11.1. The molecule has 0 radical (unpaired) electrons. The number of aliphatic hydroxyl groups excluding tert-OH is 1. The van der Waals surface area contributed by atoms with Crippen LogP contribution >= 0.6 is 0 Å².